The molecule has 3 fully saturated rings. The van der Waals surface area contributed by atoms with Crippen molar-refractivity contribution in [2.24, 2.45) is 5.92 Å². The lowest BCUT2D eigenvalue weighted by molar-refractivity contribution is -0.244. The predicted octanol–water partition coefficient (Wildman–Crippen LogP) is -0.710. The number of imide groups is 1. The van der Waals surface area contributed by atoms with Crippen molar-refractivity contribution in [3.05, 3.63) is 0 Å². The fourth-order valence-corrected chi connectivity index (χ4v) is 3.12. The standard InChI is InChI=1S/C9H10N2O4/c1-8-3-9(2-4(12)15-9)5(8)6(13)10-7(14)11-8/h5H,2-3H2,1H3,(H2,10,11,13,14). The van der Waals surface area contributed by atoms with Crippen LogP contribution in [-0.2, 0) is 14.3 Å². The van der Waals surface area contributed by atoms with Gasteiger partial charge in [0.1, 0.15) is 11.5 Å². The van der Waals surface area contributed by atoms with Gasteiger partial charge in [0, 0.05) is 6.42 Å². The van der Waals surface area contributed by atoms with Crippen molar-refractivity contribution in [2.75, 3.05) is 0 Å². The Morgan fingerprint density at radius 3 is 2.60 bits per heavy atom. The monoisotopic (exact) mass is 210 g/mol. The van der Waals surface area contributed by atoms with E-state index in [1.54, 1.807) is 6.92 Å². The van der Waals surface area contributed by atoms with Crippen LogP contribution >= 0.6 is 0 Å². The summed E-state index contributed by atoms with van der Waals surface area (Å²) >= 11 is 0. The summed E-state index contributed by atoms with van der Waals surface area (Å²) in [7, 11) is 0. The first-order chi connectivity index (χ1) is 6.95. The first kappa shape index (κ1) is 8.70. The largest absolute Gasteiger partial charge is 0.457 e. The van der Waals surface area contributed by atoms with Crippen LogP contribution in [0.1, 0.15) is 19.8 Å². The molecular weight excluding hydrogens is 200 g/mol. The molecule has 0 radical (unpaired) electrons. The molecule has 1 saturated carbocycles. The highest BCUT2D eigenvalue weighted by Gasteiger charge is 2.73. The number of esters is 1. The van der Waals surface area contributed by atoms with E-state index in [-0.39, 0.29) is 18.3 Å². The maximum Gasteiger partial charge on any atom is 0.321 e. The Hall–Kier alpha value is -1.59. The molecule has 3 amide bonds. The molecule has 2 saturated heterocycles. The quantitative estimate of drug-likeness (QED) is 0.517. The number of hydrogen-bond acceptors (Lipinski definition) is 4. The number of ether oxygens (including phenoxy) is 1. The van der Waals surface area contributed by atoms with Crippen LogP contribution in [0.3, 0.4) is 0 Å². The molecule has 1 aliphatic carbocycles. The first-order valence-electron chi connectivity index (χ1n) is 4.80. The summed E-state index contributed by atoms with van der Waals surface area (Å²) in [6, 6.07) is -0.473. The van der Waals surface area contributed by atoms with E-state index in [1.165, 1.54) is 0 Å². The Bertz CT molecular complexity index is 393. The van der Waals surface area contributed by atoms with Gasteiger partial charge in [-0.05, 0) is 6.92 Å². The molecule has 0 aromatic heterocycles. The third kappa shape index (κ3) is 0.866. The first-order valence-corrected chi connectivity index (χ1v) is 4.80. The zero-order valence-corrected chi connectivity index (χ0v) is 8.12. The van der Waals surface area contributed by atoms with Crippen molar-refractivity contribution in [1.82, 2.24) is 10.6 Å². The highest BCUT2D eigenvalue weighted by molar-refractivity contribution is 6.02. The highest BCUT2D eigenvalue weighted by atomic mass is 16.6. The van der Waals surface area contributed by atoms with Gasteiger partial charge in [-0.2, -0.15) is 0 Å². The lowest BCUT2D eigenvalue weighted by atomic mass is 9.52. The third-order valence-electron chi connectivity index (χ3n) is 3.49. The summed E-state index contributed by atoms with van der Waals surface area (Å²) in [5, 5.41) is 4.89. The molecule has 15 heavy (non-hydrogen) atoms. The Kier molecular flexibility index (Phi) is 1.25. The smallest absolute Gasteiger partial charge is 0.321 e. The average Bonchev–Trinajstić information content (AvgIpc) is 1.96. The summed E-state index contributed by atoms with van der Waals surface area (Å²) in [4.78, 5) is 33.5. The van der Waals surface area contributed by atoms with Crippen LogP contribution in [0, 0.1) is 5.92 Å². The molecule has 2 aliphatic heterocycles. The molecule has 6 heteroatoms. The molecule has 0 aromatic carbocycles. The van der Waals surface area contributed by atoms with Gasteiger partial charge in [-0.1, -0.05) is 0 Å². The molecule has 3 aliphatic rings. The average molecular weight is 210 g/mol. The fraction of sp³-hybridized carbons (Fsp3) is 0.667. The predicted molar refractivity (Wildman–Crippen MR) is 46.6 cm³/mol. The van der Waals surface area contributed by atoms with Crippen molar-refractivity contribution in [1.29, 1.82) is 0 Å². The minimum Gasteiger partial charge on any atom is -0.457 e. The Labute approximate surface area is 85.3 Å². The van der Waals surface area contributed by atoms with Gasteiger partial charge in [0.05, 0.1) is 12.0 Å². The maximum absolute atomic E-state index is 11.6. The molecule has 2 N–H and O–H groups in total. The number of hydrogen-bond donors (Lipinski definition) is 2. The Balaban J connectivity index is 1.90. The fourth-order valence-electron chi connectivity index (χ4n) is 3.12. The number of rotatable bonds is 0. The van der Waals surface area contributed by atoms with E-state index in [4.69, 9.17) is 4.74 Å². The number of carbonyl (C=O) groups excluding carboxylic acids is 3. The Morgan fingerprint density at radius 2 is 2.07 bits per heavy atom. The highest BCUT2D eigenvalue weighted by Crippen LogP contribution is 2.56. The van der Waals surface area contributed by atoms with Crippen molar-refractivity contribution in [3.8, 4) is 0 Å². The molecule has 3 atom stereocenters. The molecule has 0 aromatic rings. The van der Waals surface area contributed by atoms with Crippen molar-refractivity contribution in [3.63, 3.8) is 0 Å². The lowest BCUT2D eigenvalue weighted by Gasteiger charge is -2.63. The lowest BCUT2D eigenvalue weighted by Crippen LogP contribution is -2.83. The van der Waals surface area contributed by atoms with Crippen LogP contribution in [0.2, 0.25) is 0 Å². The number of carbonyl (C=O) groups is 3. The number of amides is 3. The topological polar surface area (TPSA) is 84.5 Å². The maximum atomic E-state index is 11.6. The van der Waals surface area contributed by atoms with E-state index in [2.05, 4.69) is 10.6 Å². The molecular formula is C9H10N2O4. The van der Waals surface area contributed by atoms with Crippen molar-refractivity contribution < 1.29 is 19.1 Å². The Morgan fingerprint density at radius 1 is 1.40 bits per heavy atom. The summed E-state index contributed by atoms with van der Waals surface area (Å²) in [5.74, 6) is -1.07. The van der Waals surface area contributed by atoms with Crippen LogP contribution < -0.4 is 10.6 Å². The van der Waals surface area contributed by atoms with Crippen LogP contribution in [0.25, 0.3) is 0 Å². The molecule has 6 nitrogen and oxygen atoms in total. The number of fused-ring (bicyclic) bond motifs is 2. The minimum atomic E-state index is -0.649. The van der Waals surface area contributed by atoms with Crippen molar-refractivity contribution in [2.45, 2.75) is 30.9 Å². The van der Waals surface area contributed by atoms with Crippen molar-refractivity contribution >= 4 is 17.9 Å². The molecule has 3 rings (SSSR count). The van der Waals surface area contributed by atoms with Crippen LogP contribution in [0.4, 0.5) is 4.79 Å². The molecule has 80 valence electrons. The second kappa shape index (κ2) is 2.15. The van der Waals surface area contributed by atoms with E-state index >= 15 is 0 Å². The van der Waals surface area contributed by atoms with E-state index < -0.39 is 23.1 Å². The van der Waals surface area contributed by atoms with Gasteiger partial charge in [-0.15, -0.1) is 0 Å². The number of urea groups is 1. The molecule has 1 spiro atoms. The SMILES string of the molecule is CC12CC3(CC(=O)O3)C1C(=O)NC(=O)N2. The van der Waals surface area contributed by atoms with Gasteiger partial charge in [-0.3, -0.25) is 14.9 Å². The second-order valence-electron chi connectivity index (χ2n) is 4.69. The normalized spacial score (nSPS) is 47.0. The van der Waals surface area contributed by atoms with Gasteiger partial charge in [0.15, 0.2) is 0 Å². The van der Waals surface area contributed by atoms with Gasteiger partial charge < -0.3 is 10.1 Å². The van der Waals surface area contributed by atoms with Crippen LogP contribution in [0.5, 0.6) is 0 Å². The van der Waals surface area contributed by atoms with E-state index in [0.717, 1.165) is 0 Å². The summed E-state index contributed by atoms with van der Waals surface area (Å²) in [6.45, 7) is 1.80. The minimum absolute atomic E-state index is 0.274. The van der Waals surface area contributed by atoms with E-state index in [1.807, 2.05) is 0 Å². The third-order valence-corrected chi connectivity index (χ3v) is 3.49. The van der Waals surface area contributed by atoms with Gasteiger partial charge in [-0.25, -0.2) is 4.79 Å². The van der Waals surface area contributed by atoms with Gasteiger partial charge in [0.25, 0.3) is 0 Å². The van der Waals surface area contributed by atoms with E-state index in [0.29, 0.717) is 6.42 Å². The van der Waals surface area contributed by atoms with E-state index in [9.17, 15) is 14.4 Å². The van der Waals surface area contributed by atoms with Crippen LogP contribution in [0.15, 0.2) is 0 Å². The van der Waals surface area contributed by atoms with Gasteiger partial charge >= 0.3 is 12.0 Å². The molecule has 2 heterocycles. The number of nitrogens with one attached hydrogen (secondary N) is 2. The summed E-state index contributed by atoms with van der Waals surface area (Å²) in [5.41, 5.74) is -1.20. The zero-order chi connectivity index (χ0) is 10.8. The summed E-state index contributed by atoms with van der Waals surface area (Å²) in [6.07, 6.45) is 0.798. The van der Waals surface area contributed by atoms with Crippen LogP contribution in [-0.4, -0.2) is 29.0 Å². The molecule has 0 bridgehead atoms. The second-order valence-corrected chi connectivity index (χ2v) is 4.69. The zero-order valence-electron chi connectivity index (χ0n) is 8.12. The van der Waals surface area contributed by atoms with Gasteiger partial charge in [0.2, 0.25) is 5.91 Å². The molecule has 3 unspecified atom stereocenters. The summed E-state index contributed by atoms with van der Waals surface area (Å²) < 4.78 is 5.05.